The Labute approximate surface area is 243 Å². The van der Waals surface area contributed by atoms with E-state index in [1.807, 2.05) is 80.7 Å². The Balaban J connectivity index is 1.36. The van der Waals surface area contributed by atoms with E-state index in [9.17, 15) is 10.2 Å². The Bertz CT molecular complexity index is 1380. The van der Waals surface area contributed by atoms with Crippen LogP contribution in [0, 0.1) is 0 Å². The number of aliphatic hydroxyl groups is 2. The van der Waals surface area contributed by atoms with Gasteiger partial charge in [-0.15, -0.1) is 0 Å². The van der Waals surface area contributed by atoms with E-state index in [4.69, 9.17) is 15.2 Å². The van der Waals surface area contributed by atoms with Crippen LogP contribution in [0.4, 0.5) is 0 Å². The molecule has 5 rings (SSSR count). The maximum Gasteiger partial charge on any atom is 0.184 e. The summed E-state index contributed by atoms with van der Waals surface area (Å²) in [6.07, 6.45) is -0.772. The second-order valence-corrected chi connectivity index (χ2v) is 10.9. The van der Waals surface area contributed by atoms with E-state index >= 15 is 0 Å². The molecule has 4 aromatic carbocycles. The van der Waals surface area contributed by atoms with E-state index in [0.29, 0.717) is 19.5 Å². The van der Waals surface area contributed by atoms with Gasteiger partial charge in [0.1, 0.15) is 0 Å². The predicted octanol–water partition coefficient (Wildman–Crippen LogP) is 5.90. The van der Waals surface area contributed by atoms with Gasteiger partial charge < -0.3 is 25.4 Å². The SMILES string of the molecule is C[C@H]([C@@H](O)c1ccccc1)N(C)C[C@H]1C[C@@H](c2ccc(CO)cc2)O[C@@H](c2ccc(-c3ccccc3CN)cc2)O1. The van der Waals surface area contributed by atoms with Crippen LogP contribution in [0.25, 0.3) is 11.1 Å². The monoisotopic (exact) mass is 552 g/mol. The van der Waals surface area contributed by atoms with Crippen LogP contribution in [0.15, 0.2) is 103 Å². The second-order valence-electron chi connectivity index (χ2n) is 10.9. The van der Waals surface area contributed by atoms with Crippen LogP contribution in [0.3, 0.4) is 0 Å². The molecule has 41 heavy (non-hydrogen) atoms. The first-order valence-electron chi connectivity index (χ1n) is 14.3. The summed E-state index contributed by atoms with van der Waals surface area (Å²) >= 11 is 0. The van der Waals surface area contributed by atoms with Crippen molar-refractivity contribution in [1.82, 2.24) is 4.90 Å². The smallest absolute Gasteiger partial charge is 0.184 e. The van der Waals surface area contributed by atoms with E-state index in [2.05, 4.69) is 41.3 Å². The molecule has 1 heterocycles. The van der Waals surface area contributed by atoms with E-state index in [-0.39, 0.29) is 24.9 Å². The molecule has 0 radical (unpaired) electrons. The number of likely N-dealkylation sites (N-methyl/N-ethyl adjacent to an activating group) is 1. The lowest BCUT2D eigenvalue weighted by molar-refractivity contribution is -0.253. The lowest BCUT2D eigenvalue weighted by atomic mass is 9.97. The molecule has 1 aliphatic heterocycles. The molecule has 6 heteroatoms. The van der Waals surface area contributed by atoms with Gasteiger partial charge in [-0.05, 0) is 47.4 Å². The summed E-state index contributed by atoms with van der Waals surface area (Å²) in [5, 5.41) is 20.5. The Morgan fingerprint density at radius 3 is 2.20 bits per heavy atom. The fourth-order valence-electron chi connectivity index (χ4n) is 5.49. The Hall–Kier alpha value is -3.36. The molecule has 6 nitrogen and oxygen atoms in total. The van der Waals surface area contributed by atoms with Crippen molar-refractivity contribution in [1.29, 1.82) is 0 Å². The maximum absolute atomic E-state index is 11.0. The summed E-state index contributed by atoms with van der Waals surface area (Å²) in [6, 6.07) is 34.1. The van der Waals surface area contributed by atoms with Crippen LogP contribution < -0.4 is 5.73 Å². The molecule has 0 aromatic heterocycles. The minimum Gasteiger partial charge on any atom is -0.392 e. The van der Waals surface area contributed by atoms with E-state index < -0.39 is 12.4 Å². The largest absolute Gasteiger partial charge is 0.392 e. The van der Waals surface area contributed by atoms with Crippen molar-refractivity contribution in [3.05, 3.63) is 131 Å². The van der Waals surface area contributed by atoms with Crippen LogP contribution in [0.5, 0.6) is 0 Å². The topological polar surface area (TPSA) is 88.2 Å². The van der Waals surface area contributed by atoms with Crippen LogP contribution in [-0.2, 0) is 22.6 Å². The number of rotatable bonds is 10. The quantitative estimate of drug-likeness (QED) is 0.227. The summed E-state index contributed by atoms with van der Waals surface area (Å²) in [5.74, 6) is 0. The minimum absolute atomic E-state index is 0.00617. The van der Waals surface area contributed by atoms with Gasteiger partial charge in [0.2, 0.25) is 0 Å². The summed E-state index contributed by atoms with van der Waals surface area (Å²) < 4.78 is 13.1. The summed E-state index contributed by atoms with van der Waals surface area (Å²) in [4.78, 5) is 2.16. The average molecular weight is 553 g/mol. The van der Waals surface area contributed by atoms with Crippen molar-refractivity contribution in [2.75, 3.05) is 13.6 Å². The fourth-order valence-corrected chi connectivity index (χ4v) is 5.49. The van der Waals surface area contributed by atoms with Gasteiger partial charge in [-0.3, -0.25) is 4.90 Å². The Morgan fingerprint density at radius 2 is 1.51 bits per heavy atom. The molecular weight excluding hydrogens is 512 g/mol. The predicted molar refractivity (Wildman–Crippen MR) is 162 cm³/mol. The van der Waals surface area contributed by atoms with Crippen molar-refractivity contribution in [2.45, 2.75) is 57.1 Å². The molecule has 4 aromatic rings. The fraction of sp³-hybridized carbons (Fsp3) is 0.314. The van der Waals surface area contributed by atoms with Crippen molar-refractivity contribution in [3.8, 4) is 11.1 Å². The third kappa shape index (κ3) is 6.93. The molecule has 4 N–H and O–H groups in total. The number of hydrogen-bond acceptors (Lipinski definition) is 6. The molecule has 1 aliphatic rings. The molecule has 0 saturated carbocycles. The van der Waals surface area contributed by atoms with Gasteiger partial charge in [0, 0.05) is 31.1 Å². The van der Waals surface area contributed by atoms with Crippen molar-refractivity contribution in [2.24, 2.45) is 5.73 Å². The summed E-state index contributed by atoms with van der Waals surface area (Å²) in [7, 11) is 2.03. The molecule has 5 atom stereocenters. The van der Waals surface area contributed by atoms with Crippen molar-refractivity contribution in [3.63, 3.8) is 0 Å². The normalized spacial score (nSPS) is 20.6. The molecule has 0 unspecified atom stereocenters. The molecule has 0 amide bonds. The number of aliphatic hydroxyl groups excluding tert-OH is 2. The average Bonchev–Trinajstić information content (AvgIpc) is 3.04. The summed E-state index contributed by atoms with van der Waals surface area (Å²) in [5.41, 5.74) is 13.1. The number of hydrogen-bond donors (Lipinski definition) is 3. The van der Waals surface area contributed by atoms with Crippen LogP contribution in [0.2, 0.25) is 0 Å². The highest BCUT2D eigenvalue weighted by atomic mass is 16.7. The molecule has 214 valence electrons. The van der Waals surface area contributed by atoms with Gasteiger partial charge in [0.25, 0.3) is 0 Å². The molecular formula is C35H40N2O4. The highest BCUT2D eigenvalue weighted by Crippen LogP contribution is 2.39. The van der Waals surface area contributed by atoms with Gasteiger partial charge >= 0.3 is 0 Å². The Kier molecular flexibility index (Phi) is 9.62. The second kappa shape index (κ2) is 13.5. The third-order valence-electron chi connectivity index (χ3n) is 8.13. The lowest BCUT2D eigenvalue weighted by Gasteiger charge is -2.39. The van der Waals surface area contributed by atoms with Gasteiger partial charge in [-0.25, -0.2) is 0 Å². The lowest BCUT2D eigenvalue weighted by Crippen LogP contribution is -2.43. The van der Waals surface area contributed by atoms with Gasteiger partial charge in [0.15, 0.2) is 6.29 Å². The van der Waals surface area contributed by atoms with Gasteiger partial charge in [0.05, 0.1) is 24.9 Å². The third-order valence-corrected chi connectivity index (χ3v) is 8.13. The van der Waals surface area contributed by atoms with Crippen LogP contribution in [0.1, 0.15) is 59.7 Å². The maximum atomic E-state index is 11.0. The number of ether oxygens (including phenoxy) is 2. The van der Waals surface area contributed by atoms with Gasteiger partial charge in [-0.1, -0.05) is 103 Å². The van der Waals surface area contributed by atoms with Crippen LogP contribution in [-0.4, -0.2) is 40.9 Å². The number of nitrogens with two attached hydrogens (primary N) is 1. The summed E-state index contributed by atoms with van der Waals surface area (Å²) in [6.45, 7) is 3.16. The molecule has 1 fully saturated rings. The molecule has 0 bridgehead atoms. The number of nitrogens with zero attached hydrogens (tertiary/aromatic N) is 1. The zero-order valence-electron chi connectivity index (χ0n) is 23.8. The zero-order chi connectivity index (χ0) is 28.8. The molecule has 1 saturated heterocycles. The first kappa shape index (κ1) is 29.1. The van der Waals surface area contributed by atoms with Gasteiger partial charge in [-0.2, -0.15) is 0 Å². The highest BCUT2D eigenvalue weighted by molar-refractivity contribution is 5.67. The Morgan fingerprint density at radius 1 is 0.854 bits per heavy atom. The van der Waals surface area contributed by atoms with E-state index in [1.54, 1.807) is 0 Å². The van der Waals surface area contributed by atoms with Crippen LogP contribution >= 0.6 is 0 Å². The molecule has 0 aliphatic carbocycles. The first-order chi connectivity index (χ1) is 20.0. The highest BCUT2D eigenvalue weighted by Gasteiger charge is 2.34. The van der Waals surface area contributed by atoms with Crippen molar-refractivity contribution < 1.29 is 19.7 Å². The number of benzene rings is 4. The van der Waals surface area contributed by atoms with Crippen molar-refractivity contribution >= 4 is 0 Å². The van der Waals surface area contributed by atoms with E-state index in [0.717, 1.165) is 38.9 Å². The standard InChI is InChI=1S/C35H40N2O4/c1-24(34(39)28-8-4-3-5-9-28)37(2)22-31-20-33(27-14-12-25(23-38)13-15-27)41-35(40-31)29-18-16-26(17-19-29)32-11-7-6-10-30(32)21-36/h3-19,24,31,33-35,38-39H,20-23,36H2,1-2H3/t24-,31-,33+,34-,35+/m1/s1. The zero-order valence-corrected chi connectivity index (χ0v) is 23.8. The van der Waals surface area contributed by atoms with E-state index in [1.165, 1.54) is 0 Å². The molecule has 0 spiro atoms. The minimum atomic E-state index is -0.609. The first-order valence-corrected chi connectivity index (χ1v) is 14.3.